The lowest BCUT2D eigenvalue weighted by Gasteiger charge is -2.35. The zero-order valence-corrected chi connectivity index (χ0v) is 11.1. The Bertz CT molecular complexity index is 594. The van der Waals surface area contributed by atoms with Crippen LogP contribution >= 0.6 is 0 Å². The third-order valence-corrected chi connectivity index (χ3v) is 3.75. The van der Waals surface area contributed by atoms with E-state index in [0.717, 1.165) is 5.56 Å². The van der Waals surface area contributed by atoms with Crippen molar-refractivity contribution >= 4 is 5.97 Å². The van der Waals surface area contributed by atoms with E-state index in [4.69, 9.17) is 4.74 Å². The number of nitriles is 2. The Labute approximate surface area is 117 Å². The number of rotatable bonds is 2. The lowest BCUT2D eigenvalue weighted by molar-refractivity contribution is -0.148. The van der Waals surface area contributed by atoms with Crippen molar-refractivity contribution in [1.29, 1.82) is 10.5 Å². The number of methoxy groups -OCH3 is 1. The van der Waals surface area contributed by atoms with Crippen LogP contribution in [0.15, 0.2) is 42.5 Å². The minimum absolute atomic E-state index is 0.344. The predicted octanol–water partition coefficient (Wildman–Crippen LogP) is 2.55. The van der Waals surface area contributed by atoms with Crippen molar-refractivity contribution < 1.29 is 9.53 Å². The Kier molecular flexibility index (Phi) is 3.86. The van der Waals surface area contributed by atoms with Crippen LogP contribution in [0.2, 0.25) is 0 Å². The van der Waals surface area contributed by atoms with Gasteiger partial charge in [0, 0.05) is 5.92 Å². The van der Waals surface area contributed by atoms with E-state index in [0.29, 0.717) is 6.42 Å². The summed E-state index contributed by atoms with van der Waals surface area (Å²) in [5, 5.41) is 19.1. The molecule has 20 heavy (non-hydrogen) atoms. The molecular formula is C16H14N2O2. The predicted molar refractivity (Wildman–Crippen MR) is 72.1 cm³/mol. The van der Waals surface area contributed by atoms with Crippen LogP contribution in [0.3, 0.4) is 0 Å². The number of hydrogen-bond donors (Lipinski definition) is 0. The van der Waals surface area contributed by atoms with Crippen LogP contribution in [0.4, 0.5) is 0 Å². The third kappa shape index (κ3) is 2.06. The topological polar surface area (TPSA) is 73.9 Å². The molecule has 0 unspecified atom stereocenters. The summed E-state index contributed by atoms with van der Waals surface area (Å²) in [4.78, 5) is 11.9. The van der Waals surface area contributed by atoms with Crippen molar-refractivity contribution in [3.63, 3.8) is 0 Å². The fourth-order valence-electron chi connectivity index (χ4n) is 2.68. The zero-order chi connectivity index (χ0) is 14.6. The smallest absolute Gasteiger partial charge is 0.311 e. The quantitative estimate of drug-likeness (QED) is 0.609. The lowest BCUT2D eigenvalue weighted by atomic mass is 9.62. The first-order valence-electron chi connectivity index (χ1n) is 6.31. The molecule has 0 radical (unpaired) electrons. The van der Waals surface area contributed by atoms with Crippen LogP contribution in [-0.4, -0.2) is 13.1 Å². The van der Waals surface area contributed by atoms with Crippen LogP contribution in [0.25, 0.3) is 0 Å². The van der Waals surface area contributed by atoms with Gasteiger partial charge in [-0.1, -0.05) is 42.5 Å². The Morgan fingerprint density at radius 2 is 1.95 bits per heavy atom. The number of carbonyl (C=O) groups excluding carboxylic acids is 1. The molecule has 2 rings (SSSR count). The third-order valence-electron chi connectivity index (χ3n) is 3.75. The number of allylic oxidation sites excluding steroid dienone is 2. The Balaban J connectivity index is 2.55. The van der Waals surface area contributed by atoms with Crippen LogP contribution in [0, 0.1) is 34.0 Å². The molecule has 100 valence electrons. The number of benzene rings is 1. The van der Waals surface area contributed by atoms with Gasteiger partial charge < -0.3 is 4.74 Å². The first-order chi connectivity index (χ1) is 9.69. The molecule has 0 N–H and O–H groups in total. The Morgan fingerprint density at radius 1 is 1.30 bits per heavy atom. The molecular weight excluding hydrogens is 252 g/mol. The van der Waals surface area contributed by atoms with Crippen molar-refractivity contribution in [2.75, 3.05) is 7.11 Å². The van der Waals surface area contributed by atoms with Crippen molar-refractivity contribution in [2.24, 2.45) is 11.3 Å². The summed E-state index contributed by atoms with van der Waals surface area (Å²) in [6.07, 6.45) is 4.02. The highest BCUT2D eigenvalue weighted by Gasteiger charge is 2.51. The molecule has 1 aliphatic rings. The van der Waals surface area contributed by atoms with Crippen molar-refractivity contribution in [1.82, 2.24) is 0 Å². The minimum Gasteiger partial charge on any atom is -0.469 e. The van der Waals surface area contributed by atoms with E-state index in [1.165, 1.54) is 7.11 Å². The lowest BCUT2D eigenvalue weighted by Crippen LogP contribution is -2.40. The summed E-state index contributed by atoms with van der Waals surface area (Å²) in [5.41, 5.74) is -0.580. The molecule has 1 aromatic rings. The number of esters is 1. The van der Waals surface area contributed by atoms with Gasteiger partial charge in [-0.25, -0.2) is 0 Å². The van der Waals surface area contributed by atoms with Gasteiger partial charge in [0.2, 0.25) is 0 Å². The molecule has 0 aromatic heterocycles. The molecule has 4 heteroatoms. The molecule has 1 aliphatic carbocycles. The van der Waals surface area contributed by atoms with Crippen molar-refractivity contribution in [3.8, 4) is 12.1 Å². The average molecular weight is 266 g/mol. The van der Waals surface area contributed by atoms with Gasteiger partial charge in [0.25, 0.3) is 0 Å². The second kappa shape index (κ2) is 5.59. The average Bonchev–Trinajstić information content (AvgIpc) is 2.53. The van der Waals surface area contributed by atoms with Crippen LogP contribution in [-0.2, 0) is 9.53 Å². The highest BCUT2D eigenvalue weighted by atomic mass is 16.5. The van der Waals surface area contributed by atoms with E-state index < -0.39 is 23.2 Å². The fourth-order valence-corrected chi connectivity index (χ4v) is 2.68. The second-order valence-electron chi connectivity index (χ2n) is 4.72. The van der Waals surface area contributed by atoms with Gasteiger partial charge in [-0.15, -0.1) is 0 Å². The summed E-state index contributed by atoms with van der Waals surface area (Å²) in [5.74, 6) is -1.72. The molecule has 0 heterocycles. The van der Waals surface area contributed by atoms with Gasteiger partial charge in [0.1, 0.15) is 0 Å². The molecule has 4 nitrogen and oxygen atoms in total. The first kappa shape index (κ1) is 13.8. The molecule has 0 aliphatic heterocycles. The molecule has 0 amide bonds. The summed E-state index contributed by atoms with van der Waals surface area (Å²) in [6, 6.07) is 13.4. The van der Waals surface area contributed by atoms with E-state index in [-0.39, 0.29) is 0 Å². The molecule has 0 bridgehead atoms. The monoisotopic (exact) mass is 266 g/mol. The number of hydrogen-bond acceptors (Lipinski definition) is 4. The minimum atomic E-state index is -1.43. The molecule has 1 aromatic carbocycles. The van der Waals surface area contributed by atoms with Crippen LogP contribution in [0.1, 0.15) is 17.9 Å². The van der Waals surface area contributed by atoms with E-state index in [1.807, 2.05) is 42.5 Å². The van der Waals surface area contributed by atoms with Gasteiger partial charge in [0.15, 0.2) is 5.41 Å². The SMILES string of the molecule is COC(=O)[C@H]1CC=C[C@@H](c2ccccc2)C1(C#N)C#N. The van der Waals surface area contributed by atoms with Gasteiger partial charge in [-0.2, -0.15) is 10.5 Å². The largest absolute Gasteiger partial charge is 0.469 e. The highest BCUT2D eigenvalue weighted by molar-refractivity contribution is 5.76. The normalized spacial score (nSPS) is 23.4. The van der Waals surface area contributed by atoms with Crippen LogP contribution < -0.4 is 0 Å². The summed E-state index contributed by atoms with van der Waals surface area (Å²) >= 11 is 0. The zero-order valence-electron chi connectivity index (χ0n) is 11.1. The maximum absolute atomic E-state index is 11.9. The molecule has 2 atom stereocenters. The molecule has 0 saturated carbocycles. The van der Waals surface area contributed by atoms with Crippen LogP contribution in [0.5, 0.6) is 0 Å². The van der Waals surface area contributed by atoms with E-state index in [2.05, 4.69) is 12.1 Å². The van der Waals surface area contributed by atoms with E-state index >= 15 is 0 Å². The maximum atomic E-state index is 11.9. The van der Waals surface area contributed by atoms with Crippen molar-refractivity contribution in [3.05, 3.63) is 48.0 Å². The number of nitrogens with zero attached hydrogens (tertiary/aromatic N) is 2. The van der Waals surface area contributed by atoms with Crippen molar-refractivity contribution in [2.45, 2.75) is 12.3 Å². The van der Waals surface area contributed by atoms with Gasteiger partial charge in [-0.3, -0.25) is 4.79 Å². The molecule has 0 spiro atoms. The molecule has 0 saturated heterocycles. The van der Waals surface area contributed by atoms with Gasteiger partial charge in [-0.05, 0) is 12.0 Å². The van der Waals surface area contributed by atoms with E-state index in [9.17, 15) is 15.3 Å². The summed E-state index contributed by atoms with van der Waals surface area (Å²) < 4.78 is 4.76. The summed E-state index contributed by atoms with van der Waals surface area (Å²) in [6.45, 7) is 0. The number of carbonyl (C=O) groups is 1. The van der Waals surface area contributed by atoms with E-state index in [1.54, 1.807) is 0 Å². The highest BCUT2D eigenvalue weighted by Crippen LogP contribution is 2.47. The summed E-state index contributed by atoms with van der Waals surface area (Å²) in [7, 11) is 1.28. The molecule has 0 fully saturated rings. The Morgan fingerprint density at radius 3 is 2.50 bits per heavy atom. The Hall–Kier alpha value is -2.59. The second-order valence-corrected chi connectivity index (χ2v) is 4.72. The maximum Gasteiger partial charge on any atom is 0.311 e. The standard InChI is InChI=1S/C16H14N2O2/c1-20-15(19)14-9-5-8-13(16(14,10-17)11-18)12-6-3-2-4-7-12/h2-8,13-14H,9H2,1H3/t13-,14+/m0/s1. The fraction of sp³-hybridized carbons (Fsp3) is 0.312. The van der Waals surface area contributed by atoms with Gasteiger partial charge >= 0.3 is 5.97 Å². The first-order valence-corrected chi connectivity index (χ1v) is 6.31. The van der Waals surface area contributed by atoms with Gasteiger partial charge in [0.05, 0.1) is 25.2 Å². The number of ether oxygens (including phenoxy) is 1.